The minimum absolute atomic E-state index is 0.145. The number of Topliss-reactive ketones (excluding diaryl/α,β-unsaturated/α-hetero) is 1. The van der Waals surface area contributed by atoms with Crippen molar-refractivity contribution in [1.82, 2.24) is 14.8 Å². The summed E-state index contributed by atoms with van der Waals surface area (Å²) in [4.78, 5) is 12.1. The normalized spacial score (nSPS) is 10.5. The Morgan fingerprint density at radius 3 is 2.95 bits per heavy atom. The molecule has 0 bridgehead atoms. The van der Waals surface area contributed by atoms with E-state index in [-0.39, 0.29) is 17.1 Å². The van der Waals surface area contributed by atoms with Crippen LogP contribution in [0.5, 0.6) is 5.75 Å². The molecule has 5 nitrogen and oxygen atoms in total. The maximum Gasteiger partial charge on any atom is 0.191 e. The number of nitrogens with zero attached hydrogens (tertiary/aromatic N) is 3. The maximum absolute atomic E-state index is 13.2. The van der Waals surface area contributed by atoms with Crippen molar-refractivity contribution in [1.29, 1.82) is 0 Å². The lowest BCUT2D eigenvalue weighted by atomic mass is 10.1. The summed E-state index contributed by atoms with van der Waals surface area (Å²) >= 11 is 1.24. The molecule has 0 atom stereocenters. The van der Waals surface area contributed by atoms with E-state index in [1.54, 1.807) is 17.9 Å². The van der Waals surface area contributed by atoms with Crippen molar-refractivity contribution in [2.75, 3.05) is 12.9 Å². The molecule has 1 aromatic heterocycles. The zero-order chi connectivity index (χ0) is 13.8. The molecule has 2 rings (SSSR count). The van der Waals surface area contributed by atoms with Crippen LogP contribution in [0, 0.1) is 5.82 Å². The van der Waals surface area contributed by atoms with E-state index in [2.05, 4.69) is 10.2 Å². The van der Waals surface area contributed by atoms with Gasteiger partial charge in [0.05, 0.1) is 18.4 Å². The van der Waals surface area contributed by atoms with Gasteiger partial charge in [-0.15, -0.1) is 10.2 Å². The fourth-order valence-electron chi connectivity index (χ4n) is 1.51. The first-order valence-corrected chi connectivity index (χ1v) is 6.44. The van der Waals surface area contributed by atoms with Gasteiger partial charge in [0.15, 0.2) is 10.9 Å². The van der Waals surface area contributed by atoms with Crippen molar-refractivity contribution in [3.05, 3.63) is 35.9 Å². The third-order valence-electron chi connectivity index (χ3n) is 2.46. The number of methoxy groups -OCH3 is 1. The Hall–Kier alpha value is -1.89. The molecule has 0 amide bonds. The Morgan fingerprint density at radius 1 is 1.53 bits per heavy atom. The quantitative estimate of drug-likeness (QED) is 0.619. The monoisotopic (exact) mass is 281 g/mol. The summed E-state index contributed by atoms with van der Waals surface area (Å²) < 4.78 is 19.9. The molecule has 1 aromatic carbocycles. The average Bonchev–Trinajstić information content (AvgIpc) is 2.81. The van der Waals surface area contributed by atoms with Crippen LogP contribution in [-0.4, -0.2) is 33.4 Å². The minimum atomic E-state index is -0.465. The van der Waals surface area contributed by atoms with E-state index in [0.717, 1.165) is 0 Å². The molecule has 0 N–H and O–H groups in total. The van der Waals surface area contributed by atoms with Gasteiger partial charge in [-0.25, -0.2) is 4.39 Å². The molecule has 0 spiro atoms. The van der Waals surface area contributed by atoms with Crippen molar-refractivity contribution >= 4 is 17.5 Å². The molecule has 0 aliphatic carbocycles. The lowest BCUT2D eigenvalue weighted by Crippen LogP contribution is -2.06. The molecule has 0 unspecified atom stereocenters. The number of hydrogen-bond acceptors (Lipinski definition) is 5. The van der Waals surface area contributed by atoms with Crippen LogP contribution in [-0.2, 0) is 7.05 Å². The Bertz CT molecular complexity index is 600. The lowest BCUT2D eigenvalue weighted by molar-refractivity contribution is 0.101. The van der Waals surface area contributed by atoms with Crippen molar-refractivity contribution in [2.24, 2.45) is 7.05 Å². The number of ketones is 1. The van der Waals surface area contributed by atoms with Crippen LogP contribution >= 0.6 is 11.8 Å². The highest BCUT2D eigenvalue weighted by molar-refractivity contribution is 7.99. The van der Waals surface area contributed by atoms with Crippen LogP contribution in [0.2, 0.25) is 0 Å². The number of rotatable bonds is 5. The van der Waals surface area contributed by atoms with Gasteiger partial charge in [-0.2, -0.15) is 0 Å². The summed E-state index contributed by atoms with van der Waals surface area (Å²) in [6.07, 6.45) is 1.55. The van der Waals surface area contributed by atoms with Gasteiger partial charge in [0.25, 0.3) is 0 Å². The van der Waals surface area contributed by atoms with E-state index in [1.165, 1.54) is 37.1 Å². The number of carbonyl (C=O) groups is 1. The van der Waals surface area contributed by atoms with Crippen LogP contribution < -0.4 is 4.74 Å². The van der Waals surface area contributed by atoms with E-state index in [1.807, 2.05) is 0 Å². The summed E-state index contributed by atoms with van der Waals surface area (Å²) in [5.41, 5.74) is 0.233. The van der Waals surface area contributed by atoms with Gasteiger partial charge >= 0.3 is 0 Å². The number of halogens is 1. The Kier molecular flexibility index (Phi) is 4.16. The first-order valence-electron chi connectivity index (χ1n) is 5.45. The predicted octanol–water partition coefficient (Wildman–Crippen LogP) is 1.94. The first-order chi connectivity index (χ1) is 9.11. The van der Waals surface area contributed by atoms with Crippen LogP contribution in [0.25, 0.3) is 0 Å². The predicted molar refractivity (Wildman–Crippen MR) is 69.0 cm³/mol. The Labute approximate surface area is 113 Å². The zero-order valence-corrected chi connectivity index (χ0v) is 11.3. The van der Waals surface area contributed by atoms with Gasteiger partial charge in [0, 0.05) is 7.05 Å². The first kappa shape index (κ1) is 13.5. The second kappa shape index (κ2) is 5.83. The molecule has 100 valence electrons. The summed E-state index contributed by atoms with van der Waals surface area (Å²) in [5, 5.41) is 8.20. The molecule has 0 saturated carbocycles. The molecule has 19 heavy (non-hydrogen) atoms. The maximum atomic E-state index is 13.2. The highest BCUT2D eigenvalue weighted by Gasteiger charge is 2.15. The molecular formula is C12H12FN3O2S. The molecule has 0 aliphatic rings. The highest BCUT2D eigenvalue weighted by atomic mass is 32.2. The number of carbonyl (C=O) groups excluding carboxylic acids is 1. The zero-order valence-electron chi connectivity index (χ0n) is 10.5. The van der Waals surface area contributed by atoms with Gasteiger partial charge in [-0.1, -0.05) is 11.8 Å². The fraction of sp³-hybridized carbons (Fsp3) is 0.250. The number of benzene rings is 1. The number of aromatic nitrogens is 3. The molecule has 0 saturated heterocycles. The van der Waals surface area contributed by atoms with Gasteiger partial charge < -0.3 is 9.30 Å². The van der Waals surface area contributed by atoms with E-state index in [0.29, 0.717) is 10.9 Å². The fourth-order valence-corrected chi connectivity index (χ4v) is 2.28. The van der Waals surface area contributed by atoms with Gasteiger partial charge in [-0.3, -0.25) is 4.79 Å². The minimum Gasteiger partial charge on any atom is -0.496 e. The largest absolute Gasteiger partial charge is 0.496 e. The van der Waals surface area contributed by atoms with Crippen LogP contribution in [0.3, 0.4) is 0 Å². The van der Waals surface area contributed by atoms with Crippen molar-refractivity contribution in [2.45, 2.75) is 5.16 Å². The summed E-state index contributed by atoms with van der Waals surface area (Å²) in [5.74, 6) is -0.172. The van der Waals surface area contributed by atoms with Gasteiger partial charge in [0.2, 0.25) is 0 Å². The topological polar surface area (TPSA) is 57.0 Å². The van der Waals surface area contributed by atoms with E-state index in [9.17, 15) is 9.18 Å². The number of aryl methyl sites for hydroxylation is 1. The van der Waals surface area contributed by atoms with Gasteiger partial charge in [-0.05, 0) is 18.2 Å². The van der Waals surface area contributed by atoms with Crippen molar-refractivity contribution in [3.8, 4) is 5.75 Å². The van der Waals surface area contributed by atoms with E-state index >= 15 is 0 Å². The summed E-state index contributed by atoms with van der Waals surface area (Å²) in [6.45, 7) is 0. The lowest BCUT2D eigenvalue weighted by Gasteiger charge is -2.07. The summed E-state index contributed by atoms with van der Waals surface area (Å²) in [7, 11) is 3.23. The van der Waals surface area contributed by atoms with Crippen LogP contribution in [0.4, 0.5) is 4.39 Å². The molecule has 1 heterocycles. The second-order valence-corrected chi connectivity index (χ2v) is 4.72. The second-order valence-electron chi connectivity index (χ2n) is 3.78. The van der Waals surface area contributed by atoms with E-state index in [4.69, 9.17) is 4.74 Å². The molecule has 0 fully saturated rings. The van der Waals surface area contributed by atoms with Crippen molar-refractivity contribution in [3.63, 3.8) is 0 Å². The SMILES string of the molecule is COc1ccc(F)cc1C(=O)CSc1nncn1C. The number of hydrogen-bond donors (Lipinski definition) is 0. The number of ether oxygens (including phenoxy) is 1. The molecular weight excluding hydrogens is 269 g/mol. The summed E-state index contributed by atoms with van der Waals surface area (Å²) in [6, 6.07) is 3.87. The molecule has 2 aromatic rings. The van der Waals surface area contributed by atoms with E-state index < -0.39 is 5.82 Å². The molecule has 0 radical (unpaired) electrons. The van der Waals surface area contributed by atoms with Crippen LogP contribution in [0.15, 0.2) is 29.7 Å². The molecule has 0 aliphatic heterocycles. The third kappa shape index (κ3) is 3.11. The Balaban J connectivity index is 2.12. The third-order valence-corrected chi connectivity index (χ3v) is 3.50. The smallest absolute Gasteiger partial charge is 0.191 e. The highest BCUT2D eigenvalue weighted by Crippen LogP contribution is 2.23. The van der Waals surface area contributed by atoms with Crippen LogP contribution in [0.1, 0.15) is 10.4 Å². The number of thioether (sulfide) groups is 1. The molecule has 7 heteroatoms. The Morgan fingerprint density at radius 2 is 2.32 bits per heavy atom. The standard InChI is InChI=1S/C12H12FN3O2S/c1-16-7-14-15-12(16)19-6-10(17)9-5-8(13)3-4-11(9)18-2/h3-5,7H,6H2,1-2H3. The van der Waals surface area contributed by atoms with Gasteiger partial charge in [0.1, 0.15) is 17.9 Å². The average molecular weight is 281 g/mol. The van der Waals surface area contributed by atoms with Crippen molar-refractivity contribution < 1.29 is 13.9 Å².